The number of ketones is 1. The molecule has 0 fully saturated rings. The molecule has 0 amide bonds. The zero-order valence-corrected chi connectivity index (χ0v) is 9.92. The SMILES string of the molecule is CC.CCC1CCc2ccccc2C1=O. The lowest BCUT2D eigenvalue weighted by Crippen LogP contribution is -2.21. The predicted octanol–water partition coefficient (Wildman–Crippen LogP) is 3.87. The van der Waals surface area contributed by atoms with Gasteiger partial charge in [-0.2, -0.15) is 0 Å². The molecule has 0 saturated carbocycles. The molecule has 1 atom stereocenters. The summed E-state index contributed by atoms with van der Waals surface area (Å²) in [7, 11) is 0. The van der Waals surface area contributed by atoms with Crippen molar-refractivity contribution in [1.29, 1.82) is 0 Å². The molecule has 0 aromatic heterocycles. The third kappa shape index (κ3) is 2.47. The lowest BCUT2D eigenvalue weighted by atomic mass is 9.81. The van der Waals surface area contributed by atoms with Crippen LogP contribution >= 0.6 is 0 Å². The number of benzene rings is 1. The van der Waals surface area contributed by atoms with Gasteiger partial charge in [0.25, 0.3) is 0 Å². The Balaban J connectivity index is 0.000000531. The van der Waals surface area contributed by atoms with Gasteiger partial charge in [-0.1, -0.05) is 45.0 Å². The van der Waals surface area contributed by atoms with Gasteiger partial charge in [-0.05, 0) is 24.8 Å². The number of Topliss-reactive ketones (excluding diaryl/α,β-unsaturated/α-hetero) is 1. The van der Waals surface area contributed by atoms with Crippen LogP contribution in [0.4, 0.5) is 0 Å². The van der Waals surface area contributed by atoms with Gasteiger partial charge in [0.15, 0.2) is 5.78 Å². The summed E-state index contributed by atoms with van der Waals surface area (Å²) in [5.74, 6) is 0.624. The summed E-state index contributed by atoms with van der Waals surface area (Å²) < 4.78 is 0. The molecule has 0 aliphatic heterocycles. The van der Waals surface area contributed by atoms with Crippen molar-refractivity contribution in [2.75, 3.05) is 0 Å². The summed E-state index contributed by atoms with van der Waals surface area (Å²) in [6.07, 6.45) is 3.08. The highest BCUT2D eigenvalue weighted by Crippen LogP contribution is 2.26. The van der Waals surface area contributed by atoms with E-state index < -0.39 is 0 Å². The van der Waals surface area contributed by atoms with E-state index in [1.807, 2.05) is 32.0 Å². The molecule has 0 saturated heterocycles. The zero-order chi connectivity index (χ0) is 11.3. The number of carbonyl (C=O) groups is 1. The van der Waals surface area contributed by atoms with Crippen molar-refractivity contribution in [2.45, 2.75) is 40.0 Å². The first-order chi connectivity index (χ1) is 7.33. The van der Waals surface area contributed by atoms with E-state index in [1.165, 1.54) is 5.56 Å². The molecule has 0 bridgehead atoms. The maximum Gasteiger partial charge on any atom is 0.166 e. The van der Waals surface area contributed by atoms with Crippen LogP contribution in [0.2, 0.25) is 0 Å². The van der Waals surface area contributed by atoms with Gasteiger partial charge in [-0.15, -0.1) is 0 Å². The van der Waals surface area contributed by atoms with E-state index in [1.54, 1.807) is 0 Å². The molecule has 1 heteroatoms. The van der Waals surface area contributed by atoms with Gasteiger partial charge in [-0.3, -0.25) is 4.79 Å². The molecule has 0 heterocycles. The Morgan fingerprint density at radius 1 is 1.27 bits per heavy atom. The minimum atomic E-state index is 0.273. The summed E-state index contributed by atoms with van der Waals surface area (Å²) in [5, 5.41) is 0. The molecule has 1 nitrogen and oxygen atoms in total. The van der Waals surface area contributed by atoms with Crippen molar-refractivity contribution in [2.24, 2.45) is 5.92 Å². The Bertz CT molecular complexity index is 328. The largest absolute Gasteiger partial charge is 0.294 e. The fourth-order valence-electron chi connectivity index (χ4n) is 2.05. The first kappa shape index (κ1) is 12.0. The third-order valence-corrected chi connectivity index (χ3v) is 2.91. The van der Waals surface area contributed by atoms with Crippen LogP contribution in [-0.2, 0) is 6.42 Å². The van der Waals surface area contributed by atoms with E-state index in [9.17, 15) is 4.79 Å². The summed E-state index contributed by atoms with van der Waals surface area (Å²) in [5.41, 5.74) is 2.19. The number of hydrogen-bond donors (Lipinski definition) is 0. The second-order valence-electron chi connectivity index (χ2n) is 3.67. The van der Waals surface area contributed by atoms with Gasteiger partial charge >= 0.3 is 0 Å². The van der Waals surface area contributed by atoms with E-state index in [0.717, 1.165) is 24.8 Å². The Hall–Kier alpha value is -1.11. The van der Waals surface area contributed by atoms with Crippen LogP contribution in [-0.4, -0.2) is 5.78 Å². The van der Waals surface area contributed by atoms with Crippen LogP contribution in [0.15, 0.2) is 24.3 Å². The summed E-state index contributed by atoms with van der Waals surface area (Å²) in [6, 6.07) is 7.99. The highest BCUT2D eigenvalue weighted by molar-refractivity contribution is 6.00. The molecule has 1 unspecified atom stereocenters. The molecule has 0 radical (unpaired) electrons. The standard InChI is InChI=1S/C12H14O.C2H6/c1-2-9-7-8-10-5-3-4-6-11(10)12(9)13;1-2/h3-6,9H,2,7-8H2,1H3;1-2H3. The molecule has 1 aromatic carbocycles. The first-order valence-corrected chi connectivity index (χ1v) is 5.95. The molecule has 0 spiro atoms. The van der Waals surface area contributed by atoms with Crippen LogP contribution in [0.5, 0.6) is 0 Å². The number of aryl methyl sites for hydroxylation is 1. The predicted molar refractivity (Wildman–Crippen MR) is 64.2 cm³/mol. The number of rotatable bonds is 1. The monoisotopic (exact) mass is 204 g/mol. The normalized spacial score (nSPS) is 18.9. The Morgan fingerprint density at radius 3 is 2.60 bits per heavy atom. The van der Waals surface area contributed by atoms with Gasteiger partial charge in [0.2, 0.25) is 0 Å². The molecular formula is C14H20O. The molecule has 82 valence electrons. The Kier molecular flexibility index (Phi) is 4.54. The van der Waals surface area contributed by atoms with Gasteiger partial charge < -0.3 is 0 Å². The molecule has 1 aromatic rings. The van der Waals surface area contributed by atoms with Crippen molar-refractivity contribution >= 4 is 5.78 Å². The Morgan fingerprint density at radius 2 is 1.93 bits per heavy atom. The van der Waals surface area contributed by atoms with Crippen LogP contribution < -0.4 is 0 Å². The van der Waals surface area contributed by atoms with Gasteiger partial charge in [0.1, 0.15) is 0 Å². The quantitative estimate of drug-likeness (QED) is 0.678. The average molecular weight is 204 g/mol. The second-order valence-corrected chi connectivity index (χ2v) is 3.67. The Labute approximate surface area is 92.5 Å². The summed E-state index contributed by atoms with van der Waals surface area (Å²) in [6.45, 7) is 6.09. The highest BCUT2D eigenvalue weighted by atomic mass is 16.1. The smallest absolute Gasteiger partial charge is 0.166 e. The first-order valence-electron chi connectivity index (χ1n) is 5.95. The van der Waals surface area contributed by atoms with Crippen LogP contribution in [0.3, 0.4) is 0 Å². The van der Waals surface area contributed by atoms with Crippen molar-refractivity contribution < 1.29 is 4.79 Å². The minimum absolute atomic E-state index is 0.273. The van der Waals surface area contributed by atoms with Gasteiger partial charge in [0, 0.05) is 11.5 Å². The molecule has 15 heavy (non-hydrogen) atoms. The van der Waals surface area contributed by atoms with E-state index in [4.69, 9.17) is 0 Å². The summed E-state index contributed by atoms with van der Waals surface area (Å²) >= 11 is 0. The van der Waals surface area contributed by atoms with Crippen LogP contribution in [0.1, 0.15) is 49.5 Å². The molecule has 1 aliphatic carbocycles. The fourth-order valence-corrected chi connectivity index (χ4v) is 2.05. The number of fused-ring (bicyclic) bond motifs is 1. The van der Waals surface area contributed by atoms with Crippen LogP contribution in [0.25, 0.3) is 0 Å². The van der Waals surface area contributed by atoms with Crippen molar-refractivity contribution in [3.63, 3.8) is 0 Å². The van der Waals surface area contributed by atoms with Gasteiger partial charge in [0.05, 0.1) is 0 Å². The number of hydrogen-bond acceptors (Lipinski definition) is 1. The summed E-state index contributed by atoms with van der Waals surface area (Å²) in [4.78, 5) is 11.8. The van der Waals surface area contributed by atoms with Gasteiger partial charge in [-0.25, -0.2) is 0 Å². The minimum Gasteiger partial charge on any atom is -0.294 e. The van der Waals surface area contributed by atoms with Crippen molar-refractivity contribution in [3.8, 4) is 0 Å². The fraction of sp³-hybridized carbons (Fsp3) is 0.500. The van der Waals surface area contributed by atoms with Crippen LogP contribution in [0, 0.1) is 5.92 Å². The lowest BCUT2D eigenvalue weighted by molar-refractivity contribution is 0.0898. The second kappa shape index (κ2) is 5.69. The average Bonchev–Trinajstić information content (AvgIpc) is 2.33. The van der Waals surface area contributed by atoms with E-state index >= 15 is 0 Å². The molecule has 1 aliphatic rings. The molecular weight excluding hydrogens is 184 g/mol. The molecule has 0 N–H and O–H groups in total. The lowest BCUT2D eigenvalue weighted by Gasteiger charge is -2.21. The third-order valence-electron chi connectivity index (χ3n) is 2.91. The van der Waals surface area contributed by atoms with E-state index in [-0.39, 0.29) is 5.92 Å². The van der Waals surface area contributed by atoms with E-state index in [2.05, 4.69) is 13.0 Å². The van der Waals surface area contributed by atoms with Crippen molar-refractivity contribution in [3.05, 3.63) is 35.4 Å². The van der Waals surface area contributed by atoms with E-state index in [0.29, 0.717) is 5.78 Å². The zero-order valence-electron chi connectivity index (χ0n) is 9.92. The highest BCUT2D eigenvalue weighted by Gasteiger charge is 2.24. The maximum atomic E-state index is 11.8. The topological polar surface area (TPSA) is 17.1 Å². The molecule has 2 rings (SSSR count). The maximum absolute atomic E-state index is 11.8. The number of carbonyl (C=O) groups excluding carboxylic acids is 1. The van der Waals surface area contributed by atoms with Crippen molar-refractivity contribution in [1.82, 2.24) is 0 Å².